The van der Waals surface area contributed by atoms with Gasteiger partial charge in [0.15, 0.2) is 5.03 Å². The second kappa shape index (κ2) is 5.98. The summed E-state index contributed by atoms with van der Waals surface area (Å²) < 4.78 is 26.7. The number of sulfonamides is 1. The molecular formula is C11H18N4O2S. The van der Waals surface area contributed by atoms with Gasteiger partial charge in [-0.2, -0.15) is 9.98 Å². The summed E-state index contributed by atoms with van der Waals surface area (Å²) in [5.74, 6) is 0. The van der Waals surface area contributed by atoms with E-state index in [1.165, 1.54) is 12.5 Å². The fraction of sp³-hybridized carbons (Fsp3) is 0.636. The van der Waals surface area contributed by atoms with E-state index in [4.69, 9.17) is 0 Å². The Morgan fingerprint density at radius 2 is 2.06 bits per heavy atom. The van der Waals surface area contributed by atoms with Gasteiger partial charge in [0.05, 0.1) is 18.6 Å². The maximum absolute atomic E-state index is 12.1. The fourth-order valence-corrected chi connectivity index (χ4v) is 3.20. The molecule has 100 valence electrons. The molecular weight excluding hydrogens is 252 g/mol. The van der Waals surface area contributed by atoms with E-state index < -0.39 is 15.6 Å². The number of nitrogens with zero attached hydrogens (tertiary/aromatic N) is 2. The van der Waals surface area contributed by atoms with Crippen molar-refractivity contribution in [2.75, 3.05) is 0 Å². The summed E-state index contributed by atoms with van der Waals surface area (Å²) >= 11 is 0. The lowest BCUT2D eigenvalue weighted by Crippen LogP contribution is -2.47. The van der Waals surface area contributed by atoms with Crippen molar-refractivity contribution in [1.82, 2.24) is 14.7 Å². The van der Waals surface area contributed by atoms with Crippen molar-refractivity contribution in [2.45, 2.75) is 50.1 Å². The highest BCUT2D eigenvalue weighted by atomic mass is 32.2. The molecule has 0 aliphatic carbocycles. The Labute approximate surface area is 107 Å². The molecule has 1 rings (SSSR count). The molecule has 0 aliphatic rings. The van der Waals surface area contributed by atoms with Gasteiger partial charge in [0.1, 0.15) is 5.54 Å². The van der Waals surface area contributed by atoms with Gasteiger partial charge in [-0.25, -0.2) is 13.4 Å². The number of hydrogen-bond acceptors (Lipinski definition) is 4. The molecule has 0 bridgehead atoms. The van der Waals surface area contributed by atoms with Crippen molar-refractivity contribution in [3.8, 4) is 6.07 Å². The minimum atomic E-state index is -3.72. The van der Waals surface area contributed by atoms with E-state index in [9.17, 15) is 13.7 Å². The van der Waals surface area contributed by atoms with Crippen LogP contribution in [0.4, 0.5) is 0 Å². The van der Waals surface area contributed by atoms with E-state index in [1.807, 2.05) is 13.8 Å². The van der Waals surface area contributed by atoms with Gasteiger partial charge in [-0.3, -0.25) is 0 Å². The average molecular weight is 270 g/mol. The highest BCUT2D eigenvalue weighted by Gasteiger charge is 2.34. The molecule has 6 nitrogen and oxygen atoms in total. The summed E-state index contributed by atoms with van der Waals surface area (Å²) in [5.41, 5.74) is -1.03. The number of nitrogens with one attached hydrogen (secondary N) is 2. The summed E-state index contributed by atoms with van der Waals surface area (Å²) in [6.07, 6.45) is 4.97. The van der Waals surface area contributed by atoms with Crippen LogP contribution in [0, 0.1) is 11.3 Å². The van der Waals surface area contributed by atoms with Gasteiger partial charge in [-0.1, -0.05) is 26.7 Å². The molecule has 0 spiro atoms. The predicted octanol–water partition coefficient (Wildman–Crippen LogP) is 1.55. The number of rotatable bonds is 7. The standard InChI is InChI=1S/C11H18N4O2S/c1-3-5-11(8-12,6-4-2)15-18(16,17)10-7-13-9-14-10/h7,9,15H,3-6H2,1-2H3,(H,13,14). The van der Waals surface area contributed by atoms with Gasteiger partial charge in [0, 0.05) is 0 Å². The van der Waals surface area contributed by atoms with Gasteiger partial charge in [0.25, 0.3) is 10.0 Å². The number of aromatic nitrogens is 2. The van der Waals surface area contributed by atoms with Crippen molar-refractivity contribution < 1.29 is 8.42 Å². The first-order chi connectivity index (χ1) is 8.49. The maximum atomic E-state index is 12.1. The first kappa shape index (κ1) is 14.7. The van der Waals surface area contributed by atoms with Crippen molar-refractivity contribution in [3.05, 3.63) is 12.5 Å². The Morgan fingerprint density at radius 3 is 2.44 bits per heavy atom. The first-order valence-corrected chi connectivity index (χ1v) is 7.41. The third kappa shape index (κ3) is 3.31. The molecule has 1 aromatic heterocycles. The highest BCUT2D eigenvalue weighted by molar-refractivity contribution is 7.89. The van der Waals surface area contributed by atoms with Crippen LogP contribution in [0.2, 0.25) is 0 Å². The molecule has 0 atom stereocenters. The van der Waals surface area contributed by atoms with Crippen LogP contribution in [-0.4, -0.2) is 23.9 Å². The molecule has 0 aliphatic heterocycles. The molecule has 2 N–H and O–H groups in total. The number of imidazole rings is 1. The molecule has 0 fully saturated rings. The van der Waals surface area contributed by atoms with Crippen molar-refractivity contribution in [2.24, 2.45) is 0 Å². The van der Waals surface area contributed by atoms with E-state index in [1.54, 1.807) is 0 Å². The Balaban J connectivity index is 3.01. The van der Waals surface area contributed by atoms with Gasteiger partial charge in [-0.05, 0) is 12.8 Å². The van der Waals surface area contributed by atoms with Crippen molar-refractivity contribution in [1.29, 1.82) is 5.26 Å². The molecule has 0 saturated carbocycles. The monoisotopic (exact) mass is 270 g/mol. The maximum Gasteiger partial charge on any atom is 0.258 e. The lowest BCUT2D eigenvalue weighted by molar-refractivity contribution is 0.406. The van der Waals surface area contributed by atoms with Crippen molar-refractivity contribution >= 4 is 10.0 Å². The predicted molar refractivity (Wildman–Crippen MR) is 67.1 cm³/mol. The van der Waals surface area contributed by atoms with Crippen LogP contribution in [0.1, 0.15) is 39.5 Å². The van der Waals surface area contributed by atoms with Gasteiger partial charge in [0.2, 0.25) is 0 Å². The third-order valence-electron chi connectivity index (χ3n) is 2.66. The Hall–Kier alpha value is -1.39. The number of nitriles is 1. The van der Waals surface area contributed by atoms with Crippen LogP contribution >= 0.6 is 0 Å². The molecule has 0 saturated heterocycles. The normalized spacial score (nSPS) is 12.3. The Bertz CT molecular complexity index is 496. The Kier molecular flexibility index (Phi) is 4.87. The highest BCUT2D eigenvalue weighted by Crippen LogP contribution is 2.21. The van der Waals surface area contributed by atoms with Crippen LogP contribution < -0.4 is 4.72 Å². The van der Waals surface area contributed by atoms with E-state index in [2.05, 4.69) is 20.8 Å². The Morgan fingerprint density at radius 1 is 1.44 bits per heavy atom. The van der Waals surface area contributed by atoms with Gasteiger partial charge in [-0.15, -0.1) is 0 Å². The zero-order valence-electron chi connectivity index (χ0n) is 10.6. The lowest BCUT2D eigenvalue weighted by Gasteiger charge is -2.26. The number of aromatic amines is 1. The zero-order valence-corrected chi connectivity index (χ0v) is 11.4. The van der Waals surface area contributed by atoms with Gasteiger partial charge < -0.3 is 4.98 Å². The number of hydrogen-bond donors (Lipinski definition) is 2. The molecule has 7 heteroatoms. The summed E-state index contributed by atoms with van der Waals surface area (Å²) in [6.45, 7) is 3.85. The summed E-state index contributed by atoms with van der Waals surface area (Å²) in [6, 6.07) is 2.11. The molecule has 1 aromatic rings. The van der Waals surface area contributed by atoms with Crippen LogP contribution in [0.5, 0.6) is 0 Å². The molecule has 1 heterocycles. The van der Waals surface area contributed by atoms with E-state index >= 15 is 0 Å². The summed E-state index contributed by atoms with van der Waals surface area (Å²) in [7, 11) is -3.72. The first-order valence-electron chi connectivity index (χ1n) is 5.93. The lowest BCUT2D eigenvalue weighted by atomic mass is 9.92. The van der Waals surface area contributed by atoms with Crippen LogP contribution in [-0.2, 0) is 10.0 Å². The zero-order chi connectivity index (χ0) is 13.6. The van der Waals surface area contributed by atoms with Gasteiger partial charge >= 0.3 is 0 Å². The van der Waals surface area contributed by atoms with Crippen molar-refractivity contribution in [3.63, 3.8) is 0 Å². The van der Waals surface area contributed by atoms with Crippen LogP contribution in [0.3, 0.4) is 0 Å². The topological polar surface area (TPSA) is 98.6 Å². The fourth-order valence-electron chi connectivity index (χ4n) is 1.92. The molecule has 0 unspecified atom stereocenters. The summed E-state index contributed by atoms with van der Waals surface area (Å²) in [4.78, 5) is 6.22. The number of H-pyrrole nitrogens is 1. The third-order valence-corrected chi connectivity index (χ3v) is 4.12. The van der Waals surface area contributed by atoms with E-state index in [0.29, 0.717) is 12.8 Å². The minimum Gasteiger partial charge on any atom is -0.335 e. The molecule has 0 amide bonds. The van der Waals surface area contributed by atoms with Crippen LogP contribution in [0.25, 0.3) is 0 Å². The largest absolute Gasteiger partial charge is 0.335 e. The van der Waals surface area contributed by atoms with E-state index in [0.717, 1.165) is 12.8 Å². The SMILES string of the molecule is CCCC(C#N)(CCC)NS(=O)(=O)c1cnc[nH]1. The average Bonchev–Trinajstić information content (AvgIpc) is 2.83. The molecule has 18 heavy (non-hydrogen) atoms. The second-order valence-corrected chi connectivity index (χ2v) is 5.87. The molecule has 0 radical (unpaired) electrons. The molecule has 0 aromatic carbocycles. The smallest absolute Gasteiger partial charge is 0.258 e. The van der Waals surface area contributed by atoms with Crippen LogP contribution in [0.15, 0.2) is 17.6 Å². The minimum absolute atomic E-state index is 0.0191. The van der Waals surface area contributed by atoms with E-state index in [-0.39, 0.29) is 5.03 Å². The quantitative estimate of drug-likeness (QED) is 0.785. The second-order valence-electron chi connectivity index (χ2n) is 4.22. The summed E-state index contributed by atoms with van der Waals surface area (Å²) in [5, 5.41) is 9.28.